The van der Waals surface area contributed by atoms with Gasteiger partial charge in [0.2, 0.25) is 0 Å². The summed E-state index contributed by atoms with van der Waals surface area (Å²) >= 11 is 0. The van der Waals surface area contributed by atoms with Crippen LogP contribution in [0.2, 0.25) is 0 Å². The number of rotatable bonds is 3. The second kappa shape index (κ2) is 3.62. The van der Waals surface area contributed by atoms with Crippen LogP contribution in [0.5, 0.6) is 0 Å². The molecule has 0 aliphatic rings. The molecular formula is C5H7NO4. The van der Waals surface area contributed by atoms with E-state index in [1.54, 1.807) is 0 Å². The van der Waals surface area contributed by atoms with Crippen molar-refractivity contribution in [2.75, 3.05) is 6.61 Å². The fourth-order valence-corrected chi connectivity index (χ4v) is 0.220. The number of esters is 1. The summed E-state index contributed by atoms with van der Waals surface area (Å²) in [6.07, 6.45) is 0. The average Bonchev–Trinajstić information content (AvgIpc) is 1.87. The molecule has 0 aromatic rings. The van der Waals surface area contributed by atoms with Crippen LogP contribution in [0.3, 0.4) is 0 Å². The lowest BCUT2D eigenvalue weighted by Crippen LogP contribution is -2.19. The van der Waals surface area contributed by atoms with Crippen LogP contribution in [0.4, 0.5) is 0 Å². The Morgan fingerprint density at radius 2 is 2.10 bits per heavy atom. The van der Waals surface area contributed by atoms with Gasteiger partial charge >= 0.3 is 5.97 Å². The van der Waals surface area contributed by atoms with E-state index in [0.717, 1.165) is 0 Å². The highest BCUT2D eigenvalue weighted by Gasteiger charge is 2.07. The third-order valence-corrected chi connectivity index (χ3v) is 0.641. The molecule has 1 amide bonds. The fraction of sp³-hybridized carbons (Fsp3) is 0.200. The van der Waals surface area contributed by atoms with Gasteiger partial charge in [-0.25, -0.2) is 4.79 Å². The maximum Gasteiger partial charge on any atom is 0.337 e. The molecule has 56 valence electrons. The number of ether oxygens (including phenoxy) is 1. The second-order valence-corrected chi connectivity index (χ2v) is 1.42. The van der Waals surface area contributed by atoms with Gasteiger partial charge in [-0.15, -0.1) is 0 Å². The SMILES string of the molecule is C=C(OC(=O)CO)C(N)=O. The minimum absolute atomic E-state index is 0.473. The van der Waals surface area contributed by atoms with Crippen molar-refractivity contribution < 1.29 is 19.4 Å². The van der Waals surface area contributed by atoms with Gasteiger partial charge < -0.3 is 15.6 Å². The fourth-order valence-electron chi connectivity index (χ4n) is 0.220. The van der Waals surface area contributed by atoms with Gasteiger partial charge in [0.25, 0.3) is 5.91 Å². The molecule has 10 heavy (non-hydrogen) atoms. The predicted octanol–water partition coefficient (Wildman–Crippen LogP) is -1.48. The standard InChI is InChI=1S/C5H7NO4/c1-3(5(6)9)10-4(8)2-7/h7H,1-2H2,(H2,6,9). The summed E-state index contributed by atoms with van der Waals surface area (Å²) in [6, 6.07) is 0. The van der Waals surface area contributed by atoms with E-state index >= 15 is 0 Å². The van der Waals surface area contributed by atoms with Crippen LogP contribution >= 0.6 is 0 Å². The number of aliphatic hydroxyl groups is 1. The van der Waals surface area contributed by atoms with Gasteiger partial charge in [-0.05, 0) is 0 Å². The quantitative estimate of drug-likeness (QED) is 0.288. The van der Waals surface area contributed by atoms with Crippen LogP contribution in [0.1, 0.15) is 0 Å². The van der Waals surface area contributed by atoms with E-state index in [1.165, 1.54) is 0 Å². The summed E-state index contributed by atoms with van der Waals surface area (Å²) in [6.45, 7) is 2.21. The topological polar surface area (TPSA) is 89.6 Å². The number of carbonyl (C=O) groups excluding carboxylic acids is 2. The highest BCUT2D eigenvalue weighted by atomic mass is 16.6. The Bertz CT molecular complexity index is 174. The van der Waals surface area contributed by atoms with Gasteiger partial charge in [0.05, 0.1) is 0 Å². The van der Waals surface area contributed by atoms with Crippen molar-refractivity contribution in [2.24, 2.45) is 5.73 Å². The van der Waals surface area contributed by atoms with Gasteiger partial charge in [-0.1, -0.05) is 6.58 Å². The zero-order chi connectivity index (χ0) is 8.15. The number of primary amides is 1. The molecule has 0 saturated carbocycles. The number of amides is 1. The van der Waals surface area contributed by atoms with Crippen molar-refractivity contribution in [1.29, 1.82) is 0 Å². The highest BCUT2D eigenvalue weighted by Crippen LogP contribution is 1.90. The molecule has 5 heteroatoms. The van der Waals surface area contributed by atoms with Crippen LogP contribution in [0.25, 0.3) is 0 Å². The molecule has 0 aliphatic carbocycles. The summed E-state index contributed by atoms with van der Waals surface area (Å²) in [5.74, 6) is -2.36. The van der Waals surface area contributed by atoms with Crippen molar-refractivity contribution in [2.45, 2.75) is 0 Å². The Hall–Kier alpha value is -1.36. The van der Waals surface area contributed by atoms with E-state index in [0.29, 0.717) is 0 Å². The lowest BCUT2D eigenvalue weighted by atomic mass is 10.5. The largest absolute Gasteiger partial charge is 0.420 e. The Morgan fingerprint density at radius 3 is 2.40 bits per heavy atom. The minimum Gasteiger partial charge on any atom is -0.420 e. The molecule has 0 heterocycles. The average molecular weight is 145 g/mol. The summed E-state index contributed by atoms with van der Waals surface area (Å²) in [7, 11) is 0. The molecule has 0 spiro atoms. The molecular weight excluding hydrogens is 138 g/mol. The van der Waals surface area contributed by atoms with Crippen molar-refractivity contribution in [1.82, 2.24) is 0 Å². The third-order valence-electron chi connectivity index (χ3n) is 0.641. The predicted molar refractivity (Wildman–Crippen MR) is 31.5 cm³/mol. The molecule has 0 atom stereocenters. The van der Waals surface area contributed by atoms with Crippen molar-refractivity contribution in [3.8, 4) is 0 Å². The van der Waals surface area contributed by atoms with Crippen molar-refractivity contribution in [3.05, 3.63) is 12.3 Å². The van der Waals surface area contributed by atoms with Gasteiger partial charge in [-0.2, -0.15) is 0 Å². The van der Waals surface area contributed by atoms with Crippen LogP contribution < -0.4 is 5.73 Å². The van der Waals surface area contributed by atoms with E-state index < -0.39 is 24.2 Å². The first-order chi connectivity index (χ1) is 4.57. The van der Waals surface area contributed by atoms with Crippen molar-refractivity contribution in [3.63, 3.8) is 0 Å². The van der Waals surface area contributed by atoms with E-state index in [-0.39, 0.29) is 0 Å². The summed E-state index contributed by atoms with van der Waals surface area (Å²) in [5.41, 5.74) is 4.64. The van der Waals surface area contributed by atoms with E-state index in [1.807, 2.05) is 0 Å². The Kier molecular flexibility index (Phi) is 3.13. The van der Waals surface area contributed by atoms with E-state index in [2.05, 4.69) is 17.0 Å². The maximum absolute atomic E-state index is 10.2. The lowest BCUT2D eigenvalue weighted by Gasteiger charge is -1.99. The number of nitrogens with two attached hydrogens (primary N) is 1. The van der Waals surface area contributed by atoms with Crippen LogP contribution in [-0.4, -0.2) is 23.6 Å². The molecule has 0 aromatic heterocycles. The summed E-state index contributed by atoms with van der Waals surface area (Å²) in [4.78, 5) is 20.3. The molecule has 0 bridgehead atoms. The van der Waals surface area contributed by atoms with Gasteiger partial charge in [0.1, 0.15) is 6.61 Å². The number of hydrogen-bond donors (Lipinski definition) is 2. The zero-order valence-corrected chi connectivity index (χ0v) is 5.16. The highest BCUT2D eigenvalue weighted by molar-refractivity contribution is 5.92. The van der Waals surface area contributed by atoms with Gasteiger partial charge in [0.15, 0.2) is 5.76 Å². The monoisotopic (exact) mass is 145 g/mol. The van der Waals surface area contributed by atoms with E-state index in [4.69, 9.17) is 5.11 Å². The molecule has 0 aromatic carbocycles. The summed E-state index contributed by atoms with van der Waals surface area (Å²) in [5, 5.41) is 8.10. The molecule has 0 rings (SSSR count). The smallest absolute Gasteiger partial charge is 0.337 e. The lowest BCUT2D eigenvalue weighted by molar-refractivity contribution is -0.145. The summed E-state index contributed by atoms with van der Waals surface area (Å²) < 4.78 is 4.10. The van der Waals surface area contributed by atoms with Gasteiger partial charge in [0, 0.05) is 0 Å². The zero-order valence-electron chi connectivity index (χ0n) is 5.16. The molecule has 0 unspecified atom stereocenters. The van der Waals surface area contributed by atoms with E-state index in [9.17, 15) is 9.59 Å². The van der Waals surface area contributed by atoms with Crippen LogP contribution in [0.15, 0.2) is 12.3 Å². The van der Waals surface area contributed by atoms with Crippen LogP contribution in [-0.2, 0) is 14.3 Å². The Labute approximate surface area is 57.1 Å². The normalized spacial score (nSPS) is 8.50. The maximum atomic E-state index is 10.2. The van der Waals surface area contributed by atoms with Crippen molar-refractivity contribution >= 4 is 11.9 Å². The minimum atomic E-state index is -0.955. The first-order valence-electron chi connectivity index (χ1n) is 2.38. The van der Waals surface area contributed by atoms with Crippen LogP contribution in [0, 0.1) is 0 Å². The number of carbonyl (C=O) groups is 2. The number of hydrogen-bond acceptors (Lipinski definition) is 4. The molecule has 0 aliphatic heterocycles. The molecule has 0 saturated heterocycles. The molecule has 3 N–H and O–H groups in total. The first-order valence-corrected chi connectivity index (χ1v) is 2.38. The third kappa shape index (κ3) is 2.83. The molecule has 5 nitrogen and oxygen atoms in total. The first kappa shape index (κ1) is 8.64. The number of aliphatic hydroxyl groups excluding tert-OH is 1. The Morgan fingerprint density at radius 1 is 1.60 bits per heavy atom. The van der Waals surface area contributed by atoms with Gasteiger partial charge in [-0.3, -0.25) is 4.79 Å². The molecule has 0 radical (unpaired) electrons. The second-order valence-electron chi connectivity index (χ2n) is 1.42. The Balaban J connectivity index is 3.80. The molecule has 0 fully saturated rings.